The SMILES string of the molecule is COC(=O)CCCCNc1nc(C(N)=CC(=NCc2ccccc2F)c2ccon2)ncc1F. The number of hydrogen-bond donors (Lipinski definition) is 2. The summed E-state index contributed by atoms with van der Waals surface area (Å²) >= 11 is 0. The molecule has 0 bridgehead atoms. The number of hydrogen-bond acceptors (Lipinski definition) is 9. The monoisotopic (exact) mass is 470 g/mol. The minimum absolute atomic E-state index is 0.0225. The number of carbonyl (C=O) groups is 1. The first-order valence-electron chi connectivity index (χ1n) is 10.5. The van der Waals surface area contributed by atoms with Gasteiger partial charge in [-0.1, -0.05) is 23.4 Å². The van der Waals surface area contributed by atoms with Gasteiger partial charge < -0.3 is 20.3 Å². The van der Waals surface area contributed by atoms with Crippen molar-refractivity contribution < 1.29 is 22.8 Å². The number of esters is 1. The quantitative estimate of drug-likeness (QED) is 0.248. The first-order valence-corrected chi connectivity index (χ1v) is 10.5. The predicted octanol–water partition coefficient (Wildman–Crippen LogP) is 3.49. The number of nitrogens with zero attached hydrogens (tertiary/aromatic N) is 4. The predicted molar refractivity (Wildman–Crippen MR) is 122 cm³/mol. The highest BCUT2D eigenvalue weighted by Gasteiger charge is 2.12. The second kappa shape index (κ2) is 12.2. The van der Waals surface area contributed by atoms with Gasteiger partial charge >= 0.3 is 5.97 Å². The largest absolute Gasteiger partial charge is 0.469 e. The number of unbranched alkanes of at least 4 members (excludes halogenated alkanes) is 1. The van der Waals surface area contributed by atoms with Crippen LogP contribution < -0.4 is 11.1 Å². The molecule has 0 aliphatic heterocycles. The van der Waals surface area contributed by atoms with Gasteiger partial charge in [-0.3, -0.25) is 9.79 Å². The van der Waals surface area contributed by atoms with Gasteiger partial charge in [-0.25, -0.2) is 18.7 Å². The minimum atomic E-state index is -0.644. The molecule has 178 valence electrons. The van der Waals surface area contributed by atoms with Crippen molar-refractivity contribution in [2.75, 3.05) is 19.0 Å². The first kappa shape index (κ1) is 24.5. The highest BCUT2D eigenvalue weighted by molar-refractivity contribution is 6.10. The number of anilines is 1. The van der Waals surface area contributed by atoms with Crippen LogP contribution in [0.3, 0.4) is 0 Å². The fourth-order valence-electron chi connectivity index (χ4n) is 2.89. The molecule has 2 heterocycles. The third-order valence-corrected chi connectivity index (χ3v) is 4.70. The first-order chi connectivity index (χ1) is 16.5. The summed E-state index contributed by atoms with van der Waals surface area (Å²) in [4.78, 5) is 23.7. The summed E-state index contributed by atoms with van der Waals surface area (Å²) in [6, 6.07) is 7.86. The molecule has 1 aromatic carbocycles. The minimum Gasteiger partial charge on any atom is -0.469 e. The summed E-state index contributed by atoms with van der Waals surface area (Å²) in [7, 11) is 1.33. The van der Waals surface area contributed by atoms with Gasteiger partial charge in [-0.2, -0.15) is 0 Å². The molecule has 0 saturated heterocycles. The van der Waals surface area contributed by atoms with Crippen molar-refractivity contribution in [2.45, 2.75) is 25.8 Å². The molecule has 3 N–H and O–H groups in total. The lowest BCUT2D eigenvalue weighted by Crippen LogP contribution is -2.12. The Morgan fingerprint density at radius 2 is 2.06 bits per heavy atom. The van der Waals surface area contributed by atoms with E-state index in [1.54, 1.807) is 24.3 Å². The number of halogens is 2. The third-order valence-electron chi connectivity index (χ3n) is 4.70. The summed E-state index contributed by atoms with van der Waals surface area (Å²) in [5.74, 6) is -1.28. The lowest BCUT2D eigenvalue weighted by Gasteiger charge is -2.08. The Morgan fingerprint density at radius 1 is 1.24 bits per heavy atom. The van der Waals surface area contributed by atoms with Crippen molar-refractivity contribution in [1.82, 2.24) is 15.1 Å². The number of carbonyl (C=O) groups excluding carboxylic acids is 1. The van der Waals surface area contributed by atoms with Crippen LogP contribution in [0.5, 0.6) is 0 Å². The highest BCUT2D eigenvalue weighted by Crippen LogP contribution is 2.15. The molecule has 34 heavy (non-hydrogen) atoms. The maximum absolute atomic E-state index is 14.2. The zero-order valence-corrected chi connectivity index (χ0v) is 18.5. The molecule has 0 aliphatic rings. The van der Waals surface area contributed by atoms with E-state index < -0.39 is 5.82 Å². The molecule has 0 aliphatic carbocycles. The molecule has 0 spiro atoms. The van der Waals surface area contributed by atoms with Gasteiger partial charge in [0.25, 0.3) is 0 Å². The Kier molecular flexibility index (Phi) is 8.78. The number of nitrogens with two attached hydrogens (primary N) is 1. The average Bonchev–Trinajstić information content (AvgIpc) is 3.38. The number of aliphatic imine (C=N–C) groups is 1. The summed E-state index contributed by atoms with van der Waals surface area (Å²) in [5, 5.41) is 6.73. The fourth-order valence-corrected chi connectivity index (χ4v) is 2.89. The summed E-state index contributed by atoms with van der Waals surface area (Å²) < 4.78 is 37.6. The van der Waals surface area contributed by atoms with E-state index >= 15 is 0 Å². The van der Waals surface area contributed by atoms with E-state index in [2.05, 4.69) is 30.2 Å². The Bertz CT molecular complexity index is 1170. The molecule has 2 aromatic heterocycles. The molecule has 0 unspecified atom stereocenters. The van der Waals surface area contributed by atoms with Crippen molar-refractivity contribution in [3.8, 4) is 0 Å². The standard InChI is InChI=1S/C23H24F2N6O3/c1-33-21(32)8-4-5-10-27-22-17(25)14-29-23(30-22)18(26)12-20(19-9-11-34-31-19)28-13-15-6-2-3-7-16(15)24/h2-3,6-7,9,11-12,14H,4-5,8,10,13,26H2,1H3,(H,27,29,30). The van der Waals surface area contributed by atoms with Crippen LogP contribution in [0.25, 0.3) is 5.70 Å². The van der Waals surface area contributed by atoms with Gasteiger partial charge in [0.1, 0.15) is 17.8 Å². The lowest BCUT2D eigenvalue weighted by molar-refractivity contribution is -0.140. The van der Waals surface area contributed by atoms with Crippen LogP contribution in [0.15, 0.2) is 58.4 Å². The van der Waals surface area contributed by atoms with E-state index in [1.807, 2.05) is 0 Å². The maximum atomic E-state index is 14.2. The molecule has 11 heteroatoms. The Labute approximate surface area is 194 Å². The molecular weight excluding hydrogens is 446 g/mol. The van der Waals surface area contributed by atoms with Crippen molar-refractivity contribution in [1.29, 1.82) is 0 Å². The van der Waals surface area contributed by atoms with Crippen molar-refractivity contribution in [3.63, 3.8) is 0 Å². The molecule has 9 nitrogen and oxygen atoms in total. The van der Waals surface area contributed by atoms with Crippen molar-refractivity contribution in [2.24, 2.45) is 10.7 Å². The summed E-state index contributed by atoms with van der Waals surface area (Å²) in [6.45, 7) is 0.434. The number of allylic oxidation sites excluding steroid dienone is 1. The van der Waals surface area contributed by atoms with E-state index in [9.17, 15) is 13.6 Å². The second-order valence-corrected chi connectivity index (χ2v) is 7.13. The van der Waals surface area contributed by atoms with E-state index in [1.165, 1.54) is 25.5 Å². The Hall–Kier alpha value is -4.15. The number of benzene rings is 1. The number of nitrogens with one attached hydrogen (secondary N) is 1. The molecule has 0 saturated carbocycles. The van der Waals surface area contributed by atoms with Crippen LogP contribution in [0, 0.1) is 11.6 Å². The molecule has 3 aromatic rings. The molecule has 0 radical (unpaired) electrons. The second-order valence-electron chi connectivity index (χ2n) is 7.13. The fraction of sp³-hybridized carbons (Fsp3) is 0.261. The van der Waals surface area contributed by atoms with E-state index in [-0.39, 0.29) is 42.1 Å². The zero-order chi connectivity index (χ0) is 24.3. The molecule has 3 rings (SSSR count). The van der Waals surface area contributed by atoms with Crippen LogP contribution in [-0.4, -0.2) is 40.5 Å². The Morgan fingerprint density at radius 3 is 2.79 bits per heavy atom. The van der Waals surface area contributed by atoms with Crippen molar-refractivity contribution >= 4 is 23.2 Å². The lowest BCUT2D eigenvalue weighted by atomic mass is 10.2. The number of rotatable bonds is 11. The Balaban J connectivity index is 1.75. The highest BCUT2D eigenvalue weighted by atomic mass is 19.1. The van der Waals surface area contributed by atoms with Crippen LogP contribution in [0.2, 0.25) is 0 Å². The maximum Gasteiger partial charge on any atom is 0.305 e. The molecular formula is C23H24F2N6O3. The zero-order valence-electron chi connectivity index (χ0n) is 18.5. The van der Waals surface area contributed by atoms with E-state index in [0.717, 1.165) is 6.20 Å². The molecule has 0 fully saturated rings. The number of ether oxygens (including phenoxy) is 1. The number of methoxy groups -OCH3 is 1. The smallest absolute Gasteiger partial charge is 0.305 e. The van der Waals surface area contributed by atoms with Gasteiger partial charge in [0, 0.05) is 24.6 Å². The third kappa shape index (κ3) is 6.92. The van der Waals surface area contributed by atoms with Crippen LogP contribution in [0.1, 0.15) is 36.3 Å². The molecule has 0 atom stereocenters. The van der Waals surface area contributed by atoms with Gasteiger partial charge in [0.2, 0.25) is 0 Å². The van der Waals surface area contributed by atoms with Crippen LogP contribution in [-0.2, 0) is 16.1 Å². The van der Waals surface area contributed by atoms with Crippen LogP contribution in [0.4, 0.5) is 14.6 Å². The van der Waals surface area contributed by atoms with E-state index in [4.69, 9.17) is 10.3 Å². The van der Waals surface area contributed by atoms with Gasteiger partial charge in [0.15, 0.2) is 17.5 Å². The van der Waals surface area contributed by atoms with Crippen LogP contribution >= 0.6 is 0 Å². The number of aromatic nitrogens is 3. The van der Waals surface area contributed by atoms with Gasteiger partial charge in [0.05, 0.1) is 31.3 Å². The van der Waals surface area contributed by atoms with Gasteiger partial charge in [-0.15, -0.1) is 0 Å². The van der Waals surface area contributed by atoms with Gasteiger partial charge in [-0.05, 0) is 25.0 Å². The van der Waals surface area contributed by atoms with E-state index in [0.29, 0.717) is 36.4 Å². The van der Waals surface area contributed by atoms with Crippen molar-refractivity contribution in [3.05, 3.63) is 77.6 Å². The summed E-state index contributed by atoms with van der Waals surface area (Å²) in [5.41, 5.74) is 7.36. The normalized spacial score (nSPS) is 12.0. The summed E-state index contributed by atoms with van der Waals surface area (Å²) in [6.07, 6.45) is 5.31. The average molecular weight is 470 g/mol. The topological polar surface area (TPSA) is 129 Å². The molecule has 0 amide bonds.